The van der Waals surface area contributed by atoms with E-state index in [2.05, 4.69) is 172 Å². The van der Waals surface area contributed by atoms with E-state index < -0.39 is 0 Å². The average Bonchev–Trinajstić information content (AvgIpc) is 3.84. The fourth-order valence-corrected chi connectivity index (χ4v) is 12.2. The van der Waals surface area contributed by atoms with Gasteiger partial charge in [0, 0.05) is 51.3 Å². The first-order chi connectivity index (χ1) is 26.1. The molecule has 0 fully saturated rings. The Hall–Kier alpha value is -5.80. The summed E-state index contributed by atoms with van der Waals surface area (Å²) in [5.74, 6) is 0. The number of fused-ring (bicyclic) bond motifs is 14. The van der Waals surface area contributed by atoms with E-state index in [1.165, 1.54) is 117 Å². The van der Waals surface area contributed by atoms with E-state index >= 15 is 0 Å². The highest BCUT2D eigenvalue weighted by Gasteiger charge is 2.38. The van der Waals surface area contributed by atoms with E-state index in [1.54, 1.807) is 0 Å². The van der Waals surface area contributed by atoms with Gasteiger partial charge < -0.3 is 0 Å². The predicted octanol–water partition coefficient (Wildman–Crippen LogP) is 15.5. The molecule has 2 aromatic heterocycles. The molecule has 0 saturated heterocycles. The lowest BCUT2D eigenvalue weighted by Crippen LogP contribution is -2.15. The molecule has 0 radical (unpaired) electrons. The van der Waals surface area contributed by atoms with Crippen LogP contribution in [0.3, 0.4) is 0 Å². The van der Waals surface area contributed by atoms with Crippen molar-refractivity contribution in [2.75, 3.05) is 0 Å². The third-order valence-corrected chi connectivity index (χ3v) is 14.4. The van der Waals surface area contributed by atoms with Gasteiger partial charge in [0.15, 0.2) is 0 Å². The van der Waals surface area contributed by atoms with Gasteiger partial charge in [0.05, 0.1) is 0 Å². The van der Waals surface area contributed by atoms with Crippen molar-refractivity contribution in [2.45, 2.75) is 19.3 Å². The van der Waals surface area contributed by atoms with Crippen LogP contribution in [-0.2, 0) is 5.41 Å². The first-order valence-electron chi connectivity index (χ1n) is 18.4. The molecule has 0 amide bonds. The van der Waals surface area contributed by atoms with Crippen LogP contribution in [0.5, 0.6) is 0 Å². The van der Waals surface area contributed by atoms with Crippen molar-refractivity contribution in [1.82, 2.24) is 0 Å². The van der Waals surface area contributed by atoms with Crippen LogP contribution in [0.2, 0.25) is 0 Å². The molecule has 0 atom stereocenters. The maximum Gasteiger partial charge on any atom is 0.0440 e. The minimum Gasteiger partial charge on any atom is -0.135 e. The summed E-state index contributed by atoms with van der Waals surface area (Å²) in [5, 5.41) is 13.2. The zero-order chi connectivity index (χ0) is 35.0. The highest BCUT2D eigenvalue weighted by atomic mass is 32.1. The van der Waals surface area contributed by atoms with E-state index in [0.717, 1.165) is 0 Å². The van der Waals surface area contributed by atoms with Gasteiger partial charge in [-0.25, -0.2) is 0 Å². The molecule has 53 heavy (non-hydrogen) atoms. The van der Waals surface area contributed by atoms with Gasteiger partial charge in [-0.1, -0.05) is 153 Å². The fourth-order valence-electron chi connectivity index (χ4n) is 9.64. The van der Waals surface area contributed by atoms with Crippen molar-refractivity contribution in [2.24, 2.45) is 0 Å². The Morgan fingerprint density at radius 2 is 0.981 bits per heavy atom. The second-order valence-electron chi connectivity index (χ2n) is 15.1. The van der Waals surface area contributed by atoms with Crippen LogP contribution in [0.25, 0.3) is 106 Å². The van der Waals surface area contributed by atoms with E-state index in [9.17, 15) is 0 Å². The monoisotopic (exact) mass is 708 g/mol. The quantitative estimate of drug-likeness (QED) is 0.157. The molecule has 1 aliphatic carbocycles. The van der Waals surface area contributed by atoms with Gasteiger partial charge in [0.25, 0.3) is 0 Å². The fraction of sp³-hybridized carbons (Fsp3) is 0.0588. The van der Waals surface area contributed by atoms with E-state index in [1.807, 2.05) is 22.7 Å². The molecule has 2 heteroatoms. The minimum atomic E-state index is -0.134. The lowest BCUT2D eigenvalue weighted by atomic mass is 9.79. The van der Waals surface area contributed by atoms with Crippen LogP contribution in [0, 0.1) is 0 Å². The zero-order valence-corrected chi connectivity index (χ0v) is 31.0. The summed E-state index contributed by atoms with van der Waals surface area (Å²) in [6, 6.07) is 59.5. The average molecular weight is 709 g/mol. The molecule has 2 heterocycles. The van der Waals surface area contributed by atoms with Crippen molar-refractivity contribution in [1.29, 1.82) is 0 Å². The number of hydrogen-bond acceptors (Lipinski definition) is 2. The molecule has 9 aromatic carbocycles. The second-order valence-corrected chi connectivity index (χ2v) is 17.2. The van der Waals surface area contributed by atoms with Gasteiger partial charge in [-0.15, -0.1) is 22.7 Å². The third kappa shape index (κ3) is 3.95. The molecule has 0 spiro atoms. The Balaban J connectivity index is 1.24. The van der Waals surface area contributed by atoms with Crippen molar-refractivity contribution >= 4 is 95.3 Å². The highest BCUT2D eigenvalue weighted by molar-refractivity contribution is 7.27. The van der Waals surface area contributed by atoms with Gasteiger partial charge in [0.2, 0.25) is 0 Å². The molecule has 0 nitrogen and oxygen atoms in total. The molecule has 0 unspecified atom stereocenters. The van der Waals surface area contributed by atoms with Gasteiger partial charge in [-0.2, -0.15) is 0 Å². The van der Waals surface area contributed by atoms with Gasteiger partial charge in [-0.05, 0) is 89.5 Å². The van der Waals surface area contributed by atoms with Crippen LogP contribution in [-0.4, -0.2) is 0 Å². The first kappa shape index (κ1) is 29.7. The number of thiophene rings is 2. The van der Waals surface area contributed by atoms with Gasteiger partial charge in [-0.3, -0.25) is 0 Å². The molecule has 11 aromatic rings. The standard InChI is InChI=1S/C51H32S2/c1-51(2)41-21-11-9-20-38(41)47-42(51)28-40(50-48(47)39-26-23-29-13-3-4-14-31(29)49(39)53-50)46-36-18-7-5-16-34(36)45(35-17-6-8-19-37(35)46)30-24-25-33-32-15-10-12-22-43(32)52-44(33)27-30/h3-28H,1-2H3. The molecular formula is C51H32S2. The van der Waals surface area contributed by atoms with Crippen molar-refractivity contribution in [3.8, 4) is 33.4 Å². The summed E-state index contributed by atoms with van der Waals surface area (Å²) < 4.78 is 5.42. The van der Waals surface area contributed by atoms with E-state index in [-0.39, 0.29) is 5.41 Å². The third-order valence-electron chi connectivity index (χ3n) is 12.0. The molecule has 248 valence electrons. The summed E-state index contributed by atoms with van der Waals surface area (Å²) in [4.78, 5) is 0. The number of benzene rings is 9. The lowest BCUT2D eigenvalue weighted by molar-refractivity contribution is 0.661. The summed E-state index contributed by atoms with van der Waals surface area (Å²) in [5.41, 5.74) is 10.7. The normalized spacial score (nSPS) is 13.6. The molecule has 0 saturated carbocycles. The summed E-state index contributed by atoms with van der Waals surface area (Å²) >= 11 is 3.87. The summed E-state index contributed by atoms with van der Waals surface area (Å²) in [6.45, 7) is 4.83. The molecule has 0 aliphatic heterocycles. The van der Waals surface area contributed by atoms with E-state index in [4.69, 9.17) is 0 Å². The predicted molar refractivity (Wildman–Crippen MR) is 233 cm³/mol. The maximum atomic E-state index is 2.58. The molecule has 12 rings (SSSR count). The minimum absolute atomic E-state index is 0.134. The van der Waals surface area contributed by atoms with Gasteiger partial charge in [0.1, 0.15) is 0 Å². The Labute approximate surface area is 315 Å². The van der Waals surface area contributed by atoms with Crippen LogP contribution >= 0.6 is 22.7 Å². The summed E-state index contributed by atoms with van der Waals surface area (Å²) in [7, 11) is 0. The van der Waals surface area contributed by atoms with Crippen molar-refractivity contribution in [3.05, 3.63) is 169 Å². The number of rotatable bonds is 2. The first-order valence-corrected chi connectivity index (χ1v) is 20.1. The smallest absolute Gasteiger partial charge is 0.0440 e. The molecule has 0 N–H and O–H groups in total. The second kappa shape index (κ2) is 10.6. The van der Waals surface area contributed by atoms with Gasteiger partial charge >= 0.3 is 0 Å². The SMILES string of the molecule is CC1(C)c2ccccc2-c2c1cc(-c1c3ccccc3c(-c3ccc4c(c3)sc3ccccc34)c3ccccc13)c1sc3c4ccccc4ccc3c21. The van der Waals surface area contributed by atoms with Crippen molar-refractivity contribution in [3.63, 3.8) is 0 Å². The Kier molecular flexibility index (Phi) is 5.97. The van der Waals surface area contributed by atoms with Crippen molar-refractivity contribution < 1.29 is 0 Å². The zero-order valence-electron chi connectivity index (χ0n) is 29.3. The highest BCUT2D eigenvalue weighted by Crippen LogP contribution is 2.58. The largest absolute Gasteiger partial charge is 0.135 e. The maximum absolute atomic E-state index is 2.58. The number of hydrogen-bond donors (Lipinski definition) is 0. The van der Waals surface area contributed by atoms with Crippen LogP contribution < -0.4 is 0 Å². The lowest BCUT2D eigenvalue weighted by Gasteiger charge is -2.23. The topological polar surface area (TPSA) is 0 Å². The van der Waals surface area contributed by atoms with E-state index in [0.29, 0.717) is 0 Å². The summed E-state index contributed by atoms with van der Waals surface area (Å²) in [6.07, 6.45) is 0. The molecule has 1 aliphatic rings. The van der Waals surface area contributed by atoms with Crippen LogP contribution in [0.4, 0.5) is 0 Å². The Morgan fingerprint density at radius 1 is 0.377 bits per heavy atom. The molecular weight excluding hydrogens is 677 g/mol. The Bertz CT molecular complexity index is 3310. The molecule has 0 bridgehead atoms. The van der Waals surface area contributed by atoms with Crippen LogP contribution in [0.1, 0.15) is 25.0 Å². The Morgan fingerprint density at radius 3 is 1.75 bits per heavy atom. The van der Waals surface area contributed by atoms with Crippen LogP contribution in [0.15, 0.2) is 158 Å².